The molecule has 0 heterocycles. The van der Waals surface area contributed by atoms with Gasteiger partial charge in [0.05, 0.1) is 0 Å². The number of hydrogen-bond acceptors (Lipinski definition) is 1. The standard InChI is InChI=1S/C14H3F8N/c15-7-2-1-3(23)5-6(4(2)8(16)12(20)11(7)19)10(18)14(22)13(21)9(5)17/h1H,23H2. The number of hydrogen-bond donors (Lipinski definition) is 1. The Morgan fingerprint density at radius 2 is 0.870 bits per heavy atom. The summed E-state index contributed by atoms with van der Waals surface area (Å²) < 4.78 is 109. The Morgan fingerprint density at radius 1 is 0.478 bits per heavy atom. The van der Waals surface area contributed by atoms with Gasteiger partial charge in [0.15, 0.2) is 46.5 Å². The second kappa shape index (κ2) is 4.71. The smallest absolute Gasteiger partial charge is 0.198 e. The minimum atomic E-state index is -2.33. The zero-order chi connectivity index (χ0) is 17.2. The Hall–Kier alpha value is -2.58. The van der Waals surface area contributed by atoms with Crippen molar-refractivity contribution in [1.29, 1.82) is 0 Å². The molecule has 0 aliphatic carbocycles. The molecule has 1 nitrogen and oxygen atoms in total. The van der Waals surface area contributed by atoms with Crippen molar-refractivity contribution in [2.75, 3.05) is 5.73 Å². The SMILES string of the molecule is Nc1cc2c(F)c(F)c(F)c(F)c2c2c(F)c(F)c(F)c(F)c12. The molecule has 120 valence electrons. The fourth-order valence-corrected chi connectivity index (χ4v) is 2.39. The average molecular weight is 337 g/mol. The van der Waals surface area contributed by atoms with E-state index in [4.69, 9.17) is 5.73 Å². The van der Waals surface area contributed by atoms with Gasteiger partial charge < -0.3 is 5.73 Å². The quantitative estimate of drug-likeness (QED) is 0.208. The van der Waals surface area contributed by atoms with Gasteiger partial charge in [-0.3, -0.25) is 0 Å². The first-order chi connectivity index (χ1) is 10.7. The van der Waals surface area contributed by atoms with Gasteiger partial charge in [0.25, 0.3) is 0 Å². The largest absolute Gasteiger partial charge is 0.398 e. The van der Waals surface area contributed by atoms with E-state index in [2.05, 4.69) is 0 Å². The monoisotopic (exact) mass is 337 g/mol. The van der Waals surface area contributed by atoms with E-state index in [9.17, 15) is 35.1 Å². The lowest BCUT2D eigenvalue weighted by molar-refractivity contribution is 0.415. The zero-order valence-electron chi connectivity index (χ0n) is 10.7. The summed E-state index contributed by atoms with van der Waals surface area (Å²) in [5.41, 5.74) is 4.50. The molecule has 0 aliphatic heterocycles. The molecule has 0 spiro atoms. The van der Waals surface area contributed by atoms with Crippen LogP contribution in [0, 0.1) is 46.5 Å². The van der Waals surface area contributed by atoms with Gasteiger partial charge in [-0.2, -0.15) is 0 Å². The summed E-state index contributed by atoms with van der Waals surface area (Å²) in [7, 11) is 0. The van der Waals surface area contributed by atoms with E-state index in [0.717, 1.165) is 0 Å². The van der Waals surface area contributed by atoms with Crippen LogP contribution < -0.4 is 5.73 Å². The first-order valence-electron chi connectivity index (χ1n) is 5.88. The van der Waals surface area contributed by atoms with Crippen LogP contribution >= 0.6 is 0 Å². The van der Waals surface area contributed by atoms with Crippen molar-refractivity contribution in [2.45, 2.75) is 0 Å². The maximum atomic E-state index is 14.0. The van der Waals surface area contributed by atoms with E-state index >= 15 is 0 Å². The van der Waals surface area contributed by atoms with Crippen LogP contribution in [-0.4, -0.2) is 0 Å². The lowest BCUT2D eigenvalue weighted by atomic mass is 9.97. The Balaban J connectivity index is 2.80. The van der Waals surface area contributed by atoms with Crippen LogP contribution in [0.2, 0.25) is 0 Å². The highest BCUT2D eigenvalue weighted by Gasteiger charge is 2.29. The van der Waals surface area contributed by atoms with E-state index in [1.807, 2.05) is 0 Å². The maximum absolute atomic E-state index is 14.0. The first-order valence-corrected chi connectivity index (χ1v) is 5.88. The number of rotatable bonds is 0. The minimum absolute atomic E-state index is 0.471. The van der Waals surface area contributed by atoms with Crippen molar-refractivity contribution in [3.05, 3.63) is 52.6 Å². The molecule has 3 aromatic carbocycles. The van der Waals surface area contributed by atoms with Crippen molar-refractivity contribution >= 4 is 27.2 Å². The molecule has 2 N–H and O–H groups in total. The normalized spacial score (nSPS) is 11.7. The average Bonchev–Trinajstić information content (AvgIpc) is 2.53. The van der Waals surface area contributed by atoms with Crippen molar-refractivity contribution in [2.24, 2.45) is 0 Å². The van der Waals surface area contributed by atoms with Crippen LogP contribution in [0.1, 0.15) is 0 Å². The Morgan fingerprint density at radius 3 is 1.39 bits per heavy atom. The fourth-order valence-electron chi connectivity index (χ4n) is 2.39. The topological polar surface area (TPSA) is 26.0 Å². The third-order valence-electron chi connectivity index (χ3n) is 3.41. The molecule has 3 aromatic rings. The van der Waals surface area contributed by atoms with Gasteiger partial charge in [0.1, 0.15) is 0 Å². The highest BCUT2D eigenvalue weighted by molar-refractivity contribution is 6.13. The van der Waals surface area contributed by atoms with Crippen LogP contribution in [0.3, 0.4) is 0 Å². The molecule has 0 amide bonds. The number of nitrogens with two attached hydrogens (primary N) is 1. The van der Waals surface area contributed by atoms with E-state index in [1.165, 1.54) is 0 Å². The van der Waals surface area contributed by atoms with Gasteiger partial charge in [-0.1, -0.05) is 0 Å². The van der Waals surface area contributed by atoms with E-state index < -0.39 is 73.8 Å². The van der Waals surface area contributed by atoms with Gasteiger partial charge in [0, 0.05) is 27.2 Å². The summed E-state index contributed by atoms with van der Waals surface area (Å²) in [6, 6.07) is 0.471. The summed E-state index contributed by atoms with van der Waals surface area (Å²) in [5, 5.41) is -4.78. The highest BCUT2D eigenvalue weighted by Crippen LogP contribution is 2.39. The molecule has 0 atom stereocenters. The summed E-state index contributed by atoms with van der Waals surface area (Å²) in [4.78, 5) is 0. The number of nitrogen functional groups attached to an aromatic ring is 1. The van der Waals surface area contributed by atoms with Gasteiger partial charge >= 0.3 is 0 Å². The molecule has 0 aromatic heterocycles. The lowest BCUT2D eigenvalue weighted by Crippen LogP contribution is -2.05. The van der Waals surface area contributed by atoms with Crippen LogP contribution in [0.5, 0.6) is 0 Å². The Kier molecular flexibility index (Phi) is 3.13. The second-order valence-electron chi connectivity index (χ2n) is 4.65. The number of anilines is 1. The van der Waals surface area contributed by atoms with Crippen molar-refractivity contribution in [3.8, 4) is 0 Å². The molecule has 0 radical (unpaired) electrons. The highest BCUT2D eigenvalue weighted by atomic mass is 19.2. The van der Waals surface area contributed by atoms with Crippen LogP contribution in [0.25, 0.3) is 21.5 Å². The second-order valence-corrected chi connectivity index (χ2v) is 4.65. The number of fused-ring (bicyclic) bond motifs is 3. The molecule has 0 bridgehead atoms. The molecule has 0 fully saturated rings. The van der Waals surface area contributed by atoms with E-state index in [-0.39, 0.29) is 0 Å². The maximum Gasteiger partial charge on any atom is 0.198 e. The minimum Gasteiger partial charge on any atom is -0.398 e. The summed E-state index contributed by atoms with van der Waals surface area (Å²) in [6.45, 7) is 0. The first kappa shape index (κ1) is 15.3. The molecule has 0 saturated carbocycles. The van der Waals surface area contributed by atoms with Crippen molar-refractivity contribution < 1.29 is 35.1 Å². The molecule has 9 heteroatoms. The van der Waals surface area contributed by atoms with E-state index in [1.54, 1.807) is 0 Å². The molecular weight excluding hydrogens is 334 g/mol. The third kappa shape index (κ3) is 1.79. The molecule has 23 heavy (non-hydrogen) atoms. The predicted octanol–water partition coefficient (Wildman–Crippen LogP) is 4.69. The van der Waals surface area contributed by atoms with Crippen molar-refractivity contribution in [1.82, 2.24) is 0 Å². The van der Waals surface area contributed by atoms with Gasteiger partial charge in [-0.15, -0.1) is 0 Å². The molecule has 0 aliphatic rings. The van der Waals surface area contributed by atoms with Gasteiger partial charge in [-0.05, 0) is 6.07 Å². The molecule has 0 unspecified atom stereocenters. The predicted molar refractivity (Wildman–Crippen MR) is 65.5 cm³/mol. The fraction of sp³-hybridized carbons (Fsp3) is 0. The number of benzene rings is 3. The third-order valence-corrected chi connectivity index (χ3v) is 3.41. The Bertz CT molecular complexity index is 1010. The molecule has 0 saturated heterocycles. The Labute approximate surface area is 121 Å². The van der Waals surface area contributed by atoms with E-state index in [0.29, 0.717) is 6.07 Å². The molecular formula is C14H3F8N. The lowest BCUT2D eigenvalue weighted by Gasteiger charge is -2.13. The molecule has 3 rings (SSSR count). The zero-order valence-corrected chi connectivity index (χ0v) is 10.7. The van der Waals surface area contributed by atoms with Gasteiger partial charge in [0.2, 0.25) is 0 Å². The van der Waals surface area contributed by atoms with Crippen molar-refractivity contribution in [3.63, 3.8) is 0 Å². The van der Waals surface area contributed by atoms with Crippen LogP contribution in [-0.2, 0) is 0 Å². The summed E-state index contributed by atoms with van der Waals surface area (Å²) >= 11 is 0. The van der Waals surface area contributed by atoms with Gasteiger partial charge in [-0.25, -0.2) is 35.1 Å². The van der Waals surface area contributed by atoms with Crippen LogP contribution in [0.15, 0.2) is 6.07 Å². The van der Waals surface area contributed by atoms with Crippen LogP contribution in [0.4, 0.5) is 40.8 Å². The summed E-state index contributed by atoms with van der Waals surface area (Å²) in [6.07, 6.45) is 0. The number of halogens is 8. The summed E-state index contributed by atoms with van der Waals surface area (Å²) in [5.74, 6) is -17.2.